The first-order valence-electron chi connectivity index (χ1n) is 4.85. The molecule has 0 saturated carbocycles. The number of phenolic OH excluding ortho intramolecular Hbond substituents is 1. The Kier molecular flexibility index (Phi) is 4.62. The zero-order valence-electron chi connectivity index (χ0n) is 8.80. The lowest BCUT2D eigenvalue weighted by Gasteiger charge is -2.15. The van der Waals surface area contributed by atoms with Crippen LogP contribution in [0.5, 0.6) is 5.75 Å². The van der Waals surface area contributed by atoms with Crippen LogP contribution in [0.2, 0.25) is 0 Å². The molecule has 0 aliphatic heterocycles. The number of phenols is 1. The number of halogens is 2. The van der Waals surface area contributed by atoms with Crippen LogP contribution in [0, 0.1) is 5.92 Å². The molecule has 0 spiro atoms. The zero-order valence-corrected chi connectivity index (χ0v) is 12.0. The summed E-state index contributed by atoms with van der Waals surface area (Å²) in [5.74, 6) is 0.779. The van der Waals surface area contributed by atoms with E-state index < -0.39 is 0 Å². The van der Waals surface area contributed by atoms with Crippen molar-refractivity contribution in [1.82, 2.24) is 0 Å². The number of hydrogen-bond acceptors (Lipinski definition) is 2. The highest BCUT2D eigenvalue weighted by molar-refractivity contribution is 9.11. The molecule has 0 radical (unpaired) electrons. The van der Waals surface area contributed by atoms with Gasteiger partial charge in [0.25, 0.3) is 0 Å². The van der Waals surface area contributed by atoms with Crippen molar-refractivity contribution in [2.45, 2.75) is 26.3 Å². The van der Waals surface area contributed by atoms with Gasteiger partial charge in [0.1, 0.15) is 5.75 Å². The van der Waals surface area contributed by atoms with Crippen molar-refractivity contribution in [3.63, 3.8) is 0 Å². The number of nitrogens with two attached hydrogens (primary N) is 1. The van der Waals surface area contributed by atoms with Crippen LogP contribution in [0.4, 0.5) is 0 Å². The van der Waals surface area contributed by atoms with Gasteiger partial charge in [-0.15, -0.1) is 0 Å². The van der Waals surface area contributed by atoms with E-state index in [-0.39, 0.29) is 11.8 Å². The first-order valence-corrected chi connectivity index (χ1v) is 6.44. The van der Waals surface area contributed by atoms with Gasteiger partial charge >= 0.3 is 0 Å². The topological polar surface area (TPSA) is 46.2 Å². The van der Waals surface area contributed by atoms with Crippen molar-refractivity contribution in [3.05, 3.63) is 26.6 Å². The van der Waals surface area contributed by atoms with Crippen LogP contribution in [-0.2, 0) is 0 Å². The van der Waals surface area contributed by atoms with Crippen LogP contribution in [0.25, 0.3) is 0 Å². The summed E-state index contributed by atoms with van der Waals surface area (Å²) in [5, 5.41) is 9.56. The molecule has 1 aromatic rings. The summed E-state index contributed by atoms with van der Waals surface area (Å²) in [6, 6.07) is 3.75. The van der Waals surface area contributed by atoms with Gasteiger partial charge in [0.05, 0.1) is 8.95 Å². The van der Waals surface area contributed by atoms with Crippen molar-refractivity contribution in [2.75, 3.05) is 0 Å². The second kappa shape index (κ2) is 5.32. The van der Waals surface area contributed by atoms with Crippen LogP contribution in [0.1, 0.15) is 31.9 Å². The highest BCUT2D eigenvalue weighted by Crippen LogP contribution is 2.35. The molecule has 0 fully saturated rings. The van der Waals surface area contributed by atoms with E-state index in [0.717, 1.165) is 12.0 Å². The normalized spacial score (nSPS) is 13.2. The smallest absolute Gasteiger partial charge is 0.143 e. The van der Waals surface area contributed by atoms with E-state index in [2.05, 4.69) is 45.7 Å². The van der Waals surface area contributed by atoms with Gasteiger partial charge in [-0.2, -0.15) is 0 Å². The van der Waals surface area contributed by atoms with Crippen molar-refractivity contribution < 1.29 is 5.11 Å². The molecular formula is C11H15Br2NO. The third kappa shape index (κ3) is 3.47. The maximum absolute atomic E-state index is 9.56. The van der Waals surface area contributed by atoms with E-state index in [4.69, 9.17) is 5.73 Å². The number of benzene rings is 1. The largest absolute Gasteiger partial charge is 0.506 e. The number of hydrogen-bond donors (Lipinski definition) is 2. The van der Waals surface area contributed by atoms with Gasteiger partial charge in [-0.25, -0.2) is 0 Å². The highest BCUT2D eigenvalue weighted by Gasteiger charge is 2.12. The zero-order chi connectivity index (χ0) is 11.6. The summed E-state index contributed by atoms with van der Waals surface area (Å²) in [7, 11) is 0. The van der Waals surface area contributed by atoms with E-state index in [0.29, 0.717) is 14.9 Å². The quantitative estimate of drug-likeness (QED) is 0.877. The van der Waals surface area contributed by atoms with Crippen LogP contribution in [0.15, 0.2) is 21.1 Å². The van der Waals surface area contributed by atoms with E-state index >= 15 is 0 Å². The standard InChI is InChI=1S/C11H15Br2NO/c1-6(2)3-10(14)7-4-8(12)11(15)9(13)5-7/h4-6,10,15H,3,14H2,1-2H3. The first kappa shape index (κ1) is 13.0. The Morgan fingerprint density at radius 1 is 1.27 bits per heavy atom. The molecule has 15 heavy (non-hydrogen) atoms. The van der Waals surface area contributed by atoms with Gasteiger partial charge < -0.3 is 10.8 Å². The summed E-state index contributed by atoms with van der Waals surface area (Å²) in [6.07, 6.45) is 0.934. The van der Waals surface area contributed by atoms with Crippen molar-refractivity contribution in [2.24, 2.45) is 11.7 Å². The van der Waals surface area contributed by atoms with E-state index in [1.807, 2.05) is 12.1 Å². The molecule has 0 aromatic heterocycles. The third-order valence-corrected chi connectivity index (χ3v) is 3.40. The summed E-state index contributed by atoms with van der Waals surface area (Å²) in [4.78, 5) is 0. The van der Waals surface area contributed by atoms with Gasteiger partial charge in [0.15, 0.2) is 0 Å². The third-order valence-electron chi connectivity index (χ3n) is 2.19. The summed E-state index contributed by atoms with van der Waals surface area (Å²) < 4.78 is 1.34. The fourth-order valence-electron chi connectivity index (χ4n) is 1.44. The lowest BCUT2D eigenvalue weighted by Crippen LogP contribution is -2.12. The first-order chi connectivity index (χ1) is 6.91. The molecule has 3 N–H and O–H groups in total. The van der Waals surface area contributed by atoms with E-state index in [1.54, 1.807) is 0 Å². The van der Waals surface area contributed by atoms with Gasteiger partial charge in [0.2, 0.25) is 0 Å². The highest BCUT2D eigenvalue weighted by atomic mass is 79.9. The maximum Gasteiger partial charge on any atom is 0.143 e. The Bertz CT molecular complexity index is 329. The maximum atomic E-state index is 9.56. The van der Waals surface area contributed by atoms with Crippen molar-refractivity contribution in [3.8, 4) is 5.75 Å². The summed E-state index contributed by atoms with van der Waals surface area (Å²) >= 11 is 6.59. The Morgan fingerprint density at radius 2 is 1.73 bits per heavy atom. The average molecular weight is 337 g/mol. The number of aromatic hydroxyl groups is 1. The molecule has 4 heteroatoms. The molecule has 0 aliphatic carbocycles. The van der Waals surface area contributed by atoms with Crippen LogP contribution >= 0.6 is 31.9 Å². The van der Waals surface area contributed by atoms with Gasteiger partial charge in [0, 0.05) is 6.04 Å². The molecular weight excluding hydrogens is 322 g/mol. The summed E-state index contributed by atoms with van der Waals surface area (Å²) in [6.45, 7) is 4.29. The molecule has 0 amide bonds. The van der Waals surface area contributed by atoms with E-state index in [1.165, 1.54) is 0 Å². The predicted octanol–water partition coefficient (Wildman–Crippen LogP) is 3.96. The van der Waals surface area contributed by atoms with Crippen molar-refractivity contribution in [1.29, 1.82) is 0 Å². The Labute approximate surface area is 107 Å². The lowest BCUT2D eigenvalue weighted by atomic mass is 9.98. The van der Waals surface area contributed by atoms with Crippen LogP contribution < -0.4 is 5.73 Å². The molecule has 0 saturated heterocycles. The molecule has 84 valence electrons. The molecule has 0 aliphatic rings. The summed E-state index contributed by atoms with van der Waals surface area (Å²) in [5.41, 5.74) is 7.09. The molecule has 2 nitrogen and oxygen atoms in total. The van der Waals surface area contributed by atoms with Crippen LogP contribution in [-0.4, -0.2) is 5.11 Å². The average Bonchev–Trinajstić information content (AvgIpc) is 2.12. The Morgan fingerprint density at radius 3 is 2.13 bits per heavy atom. The molecule has 0 bridgehead atoms. The Balaban J connectivity index is 2.95. The number of rotatable bonds is 3. The molecule has 1 unspecified atom stereocenters. The molecule has 1 aromatic carbocycles. The van der Waals surface area contributed by atoms with Crippen LogP contribution in [0.3, 0.4) is 0 Å². The Hall–Kier alpha value is -0.0600. The van der Waals surface area contributed by atoms with E-state index in [9.17, 15) is 5.11 Å². The lowest BCUT2D eigenvalue weighted by molar-refractivity contribution is 0.466. The fourth-order valence-corrected chi connectivity index (χ4v) is 2.67. The fraction of sp³-hybridized carbons (Fsp3) is 0.455. The van der Waals surface area contributed by atoms with Gasteiger partial charge in [-0.05, 0) is 61.9 Å². The molecule has 1 atom stereocenters. The van der Waals surface area contributed by atoms with Gasteiger partial charge in [-0.1, -0.05) is 13.8 Å². The van der Waals surface area contributed by atoms with Crippen molar-refractivity contribution >= 4 is 31.9 Å². The van der Waals surface area contributed by atoms with Gasteiger partial charge in [-0.3, -0.25) is 0 Å². The SMILES string of the molecule is CC(C)CC(N)c1cc(Br)c(O)c(Br)c1. The molecule has 0 heterocycles. The minimum Gasteiger partial charge on any atom is -0.506 e. The predicted molar refractivity (Wildman–Crippen MR) is 69.9 cm³/mol. The monoisotopic (exact) mass is 335 g/mol. The minimum absolute atomic E-state index is 0.0122. The molecule has 1 rings (SSSR count). The minimum atomic E-state index is 0.0122. The second-order valence-corrected chi connectivity index (χ2v) is 5.78. The second-order valence-electron chi connectivity index (χ2n) is 4.07.